The number of hydrogen-bond donors (Lipinski definition) is 2. The summed E-state index contributed by atoms with van der Waals surface area (Å²) in [5.41, 5.74) is 6.07. The fraction of sp³-hybridized carbons (Fsp3) is 0.462. The number of aromatic nitrogens is 4. The molecular formula is C13H15N5O2. The summed E-state index contributed by atoms with van der Waals surface area (Å²) in [7, 11) is 0. The Balaban J connectivity index is 2.03. The summed E-state index contributed by atoms with van der Waals surface area (Å²) in [5, 5.41) is 9.40. The van der Waals surface area contributed by atoms with Crippen molar-refractivity contribution in [3.05, 3.63) is 12.2 Å². The number of aryl methyl sites for hydroxylation is 1. The molecule has 1 fully saturated rings. The van der Waals surface area contributed by atoms with Crippen molar-refractivity contribution in [1.29, 1.82) is 0 Å². The summed E-state index contributed by atoms with van der Waals surface area (Å²) in [4.78, 5) is 12.7. The summed E-state index contributed by atoms with van der Waals surface area (Å²) in [5.74, 6) is 3.44. The van der Waals surface area contributed by atoms with Crippen molar-refractivity contribution in [3.8, 4) is 12.3 Å². The number of ether oxygens (including phenoxy) is 1. The highest BCUT2D eigenvalue weighted by Crippen LogP contribution is 2.37. The van der Waals surface area contributed by atoms with Crippen molar-refractivity contribution < 1.29 is 9.84 Å². The lowest BCUT2D eigenvalue weighted by Gasteiger charge is -2.21. The lowest BCUT2D eigenvalue weighted by molar-refractivity contribution is -0.0617. The molecule has 1 aliphatic rings. The predicted molar refractivity (Wildman–Crippen MR) is 72.5 cm³/mol. The van der Waals surface area contributed by atoms with E-state index in [0.29, 0.717) is 35.6 Å². The van der Waals surface area contributed by atoms with E-state index < -0.39 is 5.60 Å². The van der Waals surface area contributed by atoms with E-state index in [-0.39, 0.29) is 12.8 Å². The first-order valence-electron chi connectivity index (χ1n) is 6.31. The molecule has 20 heavy (non-hydrogen) atoms. The minimum atomic E-state index is -0.922. The highest BCUT2D eigenvalue weighted by atomic mass is 16.5. The number of nitrogen functional groups attached to an aromatic ring is 1. The molecule has 2 aromatic heterocycles. The number of terminal acetylenes is 1. The van der Waals surface area contributed by atoms with Crippen LogP contribution in [0, 0.1) is 19.3 Å². The third-order valence-electron chi connectivity index (χ3n) is 3.55. The molecule has 0 aliphatic carbocycles. The van der Waals surface area contributed by atoms with Gasteiger partial charge in [-0.25, -0.2) is 15.0 Å². The van der Waals surface area contributed by atoms with Gasteiger partial charge in [0.2, 0.25) is 0 Å². The quantitative estimate of drug-likeness (QED) is 0.768. The van der Waals surface area contributed by atoms with Gasteiger partial charge in [0.25, 0.3) is 0 Å². The Bertz CT molecular complexity index is 705. The normalized spacial score (nSPS) is 25.9. The number of aliphatic hydroxyl groups is 1. The van der Waals surface area contributed by atoms with Gasteiger partial charge in [-0.15, -0.1) is 6.42 Å². The molecule has 1 aliphatic heterocycles. The van der Waals surface area contributed by atoms with Crippen molar-refractivity contribution in [2.75, 3.05) is 12.3 Å². The van der Waals surface area contributed by atoms with Crippen molar-refractivity contribution in [2.24, 2.45) is 0 Å². The van der Waals surface area contributed by atoms with E-state index >= 15 is 0 Å². The molecule has 3 heterocycles. The van der Waals surface area contributed by atoms with E-state index in [4.69, 9.17) is 16.9 Å². The van der Waals surface area contributed by atoms with Crippen LogP contribution < -0.4 is 5.73 Å². The van der Waals surface area contributed by atoms with E-state index in [0.717, 1.165) is 0 Å². The van der Waals surface area contributed by atoms with Crippen LogP contribution in [0.4, 0.5) is 5.82 Å². The summed E-state index contributed by atoms with van der Waals surface area (Å²) >= 11 is 0. The first-order valence-corrected chi connectivity index (χ1v) is 6.31. The molecule has 0 spiro atoms. The maximum absolute atomic E-state index is 9.40. The first-order chi connectivity index (χ1) is 9.58. The van der Waals surface area contributed by atoms with Crippen LogP contribution in [0.2, 0.25) is 0 Å². The molecule has 0 unspecified atom stereocenters. The molecule has 0 saturated carbocycles. The van der Waals surface area contributed by atoms with Crippen LogP contribution in [0.5, 0.6) is 0 Å². The van der Waals surface area contributed by atoms with Gasteiger partial charge in [-0.3, -0.25) is 4.57 Å². The van der Waals surface area contributed by atoms with Crippen LogP contribution in [0.3, 0.4) is 0 Å². The Morgan fingerprint density at radius 2 is 2.45 bits per heavy atom. The van der Waals surface area contributed by atoms with Gasteiger partial charge in [0, 0.05) is 0 Å². The molecule has 0 radical (unpaired) electrons. The standard InChI is InChI=1S/C13H15N5O2/c1-3-13(6-19)5-4-9(20-13)18-7-15-10-11(14)16-8(2)17-12(10)18/h1,7,9,19H,4-6H2,2H3,(H2,14,16,17)/t9-,13+/m1/s1. The minimum Gasteiger partial charge on any atom is -0.392 e. The molecule has 7 nitrogen and oxygen atoms in total. The lowest BCUT2D eigenvalue weighted by Crippen LogP contribution is -2.31. The summed E-state index contributed by atoms with van der Waals surface area (Å²) in [6.07, 6.45) is 8.02. The number of aliphatic hydroxyl groups excluding tert-OH is 1. The van der Waals surface area contributed by atoms with Gasteiger partial charge in [-0.2, -0.15) is 0 Å². The monoisotopic (exact) mass is 273 g/mol. The summed E-state index contributed by atoms with van der Waals surface area (Å²) in [6.45, 7) is 1.56. The van der Waals surface area contributed by atoms with Gasteiger partial charge in [-0.05, 0) is 19.8 Å². The zero-order valence-electron chi connectivity index (χ0n) is 11.1. The number of nitrogens with two attached hydrogens (primary N) is 1. The lowest BCUT2D eigenvalue weighted by atomic mass is 10.0. The highest BCUT2D eigenvalue weighted by molar-refractivity contribution is 5.81. The van der Waals surface area contributed by atoms with Crippen LogP contribution >= 0.6 is 0 Å². The minimum absolute atomic E-state index is 0.206. The smallest absolute Gasteiger partial charge is 0.167 e. The third kappa shape index (κ3) is 1.81. The molecular weight excluding hydrogens is 258 g/mol. The first kappa shape index (κ1) is 12.8. The van der Waals surface area contributed by atoms with Crippen molar-refractivity contribution in [3.63, 3.8) is 0 Å². The largest absolute Gasteiger partial charge is 0.392 e. The second-order valence-electron chi connectivity index (χ2n) is 4.89. The number of anilines is 1. The van der Waals surface area contributed by atoms with Crippen LogP contribution in [-0.2, 0) is 4.74 Å². The second kappa shape index (κ2) is 4.44. The van der Waals surface area contributed by atoms with Gasteiger partial charge < -0.3 is 15.6 Å². The van der Waals surface area contributed by atoms with E-state index in [1.165, 1.54) is 0 Å². The fourth-order valence-corrected chi connectivity index (χ4v) is 2.46. The number of rotatable bonds is 2. The van der Waals surface area contributed by atoms with E-state index in [9.17, 15) is 5.11 Å². The van der Waals surface area contributed by atoms with Crippen LogP contribution in [0.1, 0.15) is 24.9 Å². The van der Waals surface area contributed by atoms with E-state index in [1.807, 2.05) is 0 Å². The molecule has 0 amide bonds. The maximum Gasteiger partial charge on any atom is 0.167 e. The van der Waals surface area contributed by atoms with Crippen LogP contribution in [0.15, 0.2) is 6.33 Å². The number of fused-ring (bicyclic) bond motifs is 1. The Morgan fingerprint density at radius 3 is 3.10 bits per heavy atom. The molecule has 2 aromatic rings. The van der Waals surface area contributed by atoms with Gasteiger partial charge in [0.1, 0.15) is 17.6 Å². The predicted octanol–water partition coefficient (Wildman–Crippen LogP) is 0.390. The summed E-state index contributed by atoms with van der Waals surface area (Å²) < 4.78 is 7.60. The molecule has 0 aromatic carbocycles. The molecule has 0 bridgehead atoms. The molecule has 3 N–H and O–H groups in total. The Labute approximate surface area is 115 Å². The maximum atomic E-state index is 9.40. The van der Waals surface area contributed by atoms with E-state index in [1.54, 1.807) is 17.8 Å². The van der Waals surface area contributed by atoms with Crippen LogP contribution in [-0.4, -0.2) is 36.8 Å². The van der Waals surface area contributed by atoms with Gasteiger partial charge in [-0.1, -0.05) is 5.92 Å². The molecule has 1 saturated heterocycles. The molecule has 3 rings (SSSR count). The number of nitrogens with zero attached hydrogens (tertiary/aromatic N) is 4. The van der Waals surface area contributed by atoms with Crippen molar-refractivity contribution >= 4 is 17.0 Å². The third-order valence-corrected chi connectivity index (χ3v) is 3.55. The van der Waals surface area contributed by atoms with Gasteiger partial charge >= 0.3 is 0 Å². The topological polar surface area (TPSA) is 99.1 Å². The number of imidazole rings is 1. The van der Waals surface area contributed by atoms with E-state index in [2.05, 4.69) is 20.9 Å². The van der Waals surface area contributed by atoms with Gasteiger partial charge in [0.05, 0.1) is 12.9 Å². The molecule has 7 heteroatoms. The molecule has 2 atom stereocenters. The van der Waals surface area contributed by atoms with Crippen molar-refractivity contribution in [1.82, 2.24) is 19.5 Å². The average molecular weight is 273 g/mol. The number of hydrogen-bond acceptors (Lipinski definition) is 6. The Hall–Kier alpha value is -2.17. The summed E-state index contributed by atoms with van der Waals surface area (Å²) in [6, 6.07) is 0. The Morgan fingerprint density at radius 1 is 1.65 bits per heavy atom. The highest BCUT2D eigenvalue weighted by Gasteiger charge is 2.39. The second-order valence-corrected chi connectivity index (χ2v) is 4.89. The average Bonchev–Trinajstić information content (AvgIpc) is 3.02. The van der Waals surface area contributed by atoms with Crippen LogP contribution in [0.25, 0.3) is 11.2 Å². The Kier molecular flexibility index (Phi) is 2.85. The van der Waals surface area contributed by atoms with Crippen molar-refractivity contribution in [2.45, 2.75) is 31.6 Å². The van der Waals surface area contributed by atoms with Gasteiger partial charge in [0.15, 0.2) is 17.1 Å². The fourth-order valence-electron chi connectivity index (χ4n) is 2.46. The zero-order chi connectivity index (χ0) is 14.3. The SMILES string of the molecule is C#C[C@@]1(CO)CC[C@H](n2cnc3c(N)nc(C)nc32)O1. The zero-order valence-corrected chi connectivity index (χ0v) is 11.1. The molecule has 104 valence electrons.